The maximum atomic E-state index is 2.49. The molecule has 292 valence electrons. The van der Waals surface area contributed by atoms with Gasteiger partial charge in [-0.05, 0) is 132 Å². The van der Waals surface area contributed by atoms with Crippen LogP contribution in [0.1, 0.15) is 52.7 Å². The molecule has 0 aliphatic rings. The van der Waals surface area contributed by atoms with Crippen molar-refractivity contribution in [3.63, 3.8) is 0 Å². The second-order valence-electron chi connectivity index (χ2n) is 18.3. The van der Waals surface area contributed by atoms with E-state index in [1.807, 2.05) is 0 Å². The van der Waals surface area contributed by atoms with Gasteiger partial charge in [0.2, 0.25) is 0 Å². The maximum Gasteiger partial charge on any atom is 0.0550 e. The van der Waals surface area contributed by atoms with Gasteiger partial charge >= 0.3 is 0 Å². The maximum absolute atomic E-state index is 2.49. The van der Waals surface area contributed by atoms with Gasteiger partial charge in [-0.15, -0.1) is 0 Å². The quantitative estimate of drug-likeness (QED) is 0.153. The van der Waals surface area contributed by atoms with Crippen LogP contribution in [0.2, 0.25) is 0 Å². The van der Waals surface area contributed by atoms with Gasteiger partial charge in [-0.3, -0.25) is 0 Å². The summed E-state index contributed by atoms with van der Waals surface area (Å²) < 4.78 is 2.49. The molecular formula is C58H50N2. The Balaban J connectivity index is 1.21. The summed E-state index contributed by atoms with van der Waals surface area (Å²) in [5.41, 5.74) is 14.4. The van der Waals surface area contributed by atoms with Crippen LogP contribution in [0.4, 0.5) is 17.1 Å². The Hall–Kier alpha value is -6.90. The van der Waals surface area contributed by atoms with Gasteiger partial charge in [-0.2, -0.15) is 0 Å². The van der Waals surface area contributed by atoms with Crippen molar-refractivity contribution in [2.45, 2.75) is 52.4 Å². The Morgan fingerprint density at radius 3 is 1.70 bits per heavy atom. The third-order valence-electron chi connectivity index (χ3n) is 12.2. The Labute approximate surface area is 354 Å². The van der Waals surface area contributed by atoms with Crippen molar-refractivity contribution in [1.29, 1.82) is 0 Å². The first kappa shape index (κ1) is 37.4. The summed E-state index contributed by atoms with van der Waals surface area (Å²) in [7, 11) is 0. The minimum atomic E-state index is -0.0725. The normalized spacial score (nSPS) is 12.2. The van der Waals surface area contributed by atoms with E-state index in [-0.39, 0.29) is 10.8 Å². The molecule has 2 heteroatoms. The van der Waals surface area contributed by atoms with Crippen LogP contribution in [0.15, 0.2) is 194 Å². The molecule has 0 aliphatic heterocycles. The van der Waals surface area contributed by atoms with E-state index in [9.17, 15) is 0 Å². The third kappa shape index (κ3) is 6.63. The highest BCUT2D eigenvalue weighted by atomic mass is 15.1. The van der Waals surface area contributed by atoms with E-state index in [2.05, 4.69) is 245 Å². The van der Waals surface area contributed by atoms with Crippen molar-refractivity contribution in [1.82, 2.24) is 4.57 Å². The molecule has 0 bridgehead atoms. The van der Waals surface area contributed by atoms with E-state index in [0.717, 1.165) is 17.1 Å². The zero-order valence-electron chi connectivity index (χ0n) is 35.4. The first-order chi connectivity index (χ1) is 29.0. The predicted molar refractivity (Wildman–Crippen MR) is 259 cm³/mol. The van der Waals surface area contributed by atoms with Crippen LogP contribution in [0.25, 0.3) is 71.3 Å². The van der Waals surface area contributed by atoms with Crippen molar-refractivity contribution in [3.8, 4) is 27.9 Å². The number of rotatable bonds is 6. The first-order valence-corrected chi connectivity index (χ1v) is 21.2. The largest absolute Gasteiger partial charge is 0.310 e. The van der Waals surface area contributed by atoms with Gasteiger partial charge < -0.3 is 9.47 Å². The SMILES string of the molecule is CC(C)(C)c1ccc2c3c(-c4cccc(N(c5ccc(-c6ccccc6)cc5)c5ccc6c(ccc7ccccc76)c5)c4)cc(C(C)(C)C)cc3n(-c3ccccc3)c2c1. The van der Waals surface area contributed by atoms with Crippen LogP contribution in [-0.4, -0.2) is 4.57 Å². The molecule has 0 radical (unpaired) electrons. The number of aromatic nitrogens is 1. The van der Waals surface area contributed by atoms with Gasteiger partial charge in [-0.25, -0.2) is 0 Å². The van der Waals surface area contributed by atoms with Gasteiger partial charge in [0.05, 0.1) is 11.0 Å². The van der Waals surface area contributed by atoms with E-state index in [4.69, 9.17) is 0 Å². The molecule has 10 aromatic rings. The smallest absolute Gasteiger partial charge is 0.0550 e. The predicted octanol–water partition coefficient (Wildman–Crippen LogP) is 16.5. The standard InChI is InChI=1S/C58H50N2/c1-57(2,3)44-28-32-52-54(37-44)60(46-20-11-8-12-21-46)55-38-45(58(4,5)6)36-53(56(52)55)42-19-15-22-48(34-42)59(47-29-26-40(27-30-47)39-16-9-7-10-17-39)49-31-33-51-43(35-49)25-24-41-18-13-14-23-50(41)51/h7-38H,1-6H3. The molecule has 0 unspecified atom stereocenters. The molecule has 0 aliphatic carbocycles. The zero-order chi connectivity index (χ0) is 41.2. The summed E-state index contributed by atoms with van der Waals surface area (Å²) in [5, 5.41) is 7.54. The Kier molecular flexibility index (Phi) is 8.99. The van der Waals surface area contributed by atoms with E-state index < -0.39 is 0 Å². The average molecular weight is 775 g/mol. The molecule has 2 nitrogen and oxygen atoms in total. The number of hydrogen-bond acceptors (Lipinski definition) is 1. The minimum absolute atomic E-state index is 0.0124. The van der Waals surface area contributed by atoms with Gasteiger partial charge in [0.1, 0.15) is 0 Å². The lowest BCUT2D eigenvalue weighted by molar-refractivity contribution is 0.591. The molecule has 0 N–H and O–H groups in total. The summed E-state index contributed by atoms with van der Waals surface area (Å²) >= 11 is 0. The lowest BCUT2D eigenvalue weighted by atomic mass is 9.83. The molecule has 9 aromatic carbocycles. The molecule has 60 heavy (non-hydrogen) atoms. The molecule has 1 heterocycles. The molecule has 10 rings (SSSR count). The molecule has 0 spiro atoms. The molecule has 0 atom stereocenters. The number of anilines is 3. The highest BCUT2D eigenvalue weighted by Gasteiger charge is 2.25. The molecule has 0 saturated carbocycles. The molecule has 0 amide bonds. The second kappa shape index (κ2) is 14.4. The fourth-order valence-corrected chi connectivity index (χ4v) is 8.96. The van der Waals surface area contributed by atoms with Crippen LogP contribution >= 0.6 is 0 Å². The zero-order valence-corrected chi connectivity index (χ0v) is 35.4. The van der Waals surface area contributed by atoms with E-state index in [1.54, 1.807) is 0 Å². The molecule has 0 fully saturated rings. The number of para-hydroxylation sites is 1. The van der Waals surface area contributed by atoms with Crippen molar-refractivity contribution in [2.24, 2.45) is 0 Å². The summed E-state index contributed by atoms with van der Waals surface area (Å²) in [4.78, 5) is 2.42. The van der Waals surface area contributed by atoms with Crippen LogP contribution in [-0.2, 0) is 10.8 Å². The van der Waals surface area contributed by atoms with Gasteiger partial charge in [0.15, 0.2) is 0 Å². The lowest BCUT2D eigenvalue weighted by Gasteiger charge is -2.27. The Morgan fingerprint density at radius 1 is 0.367 bits per heavy atom. The highest BCUT2D eigenvalue weighted by Crippen LogP contribution is 2.45. The summed E-state index contributed by atoms with van der Waals surface area (Å²) in [6.45, 7) is 13.9. The Bertz CT molecular complexity index is 3190. The number of benzene rings is 9. The fraction of sp³-hybridized carbons (Fsp3) is 0.138. The van der Waals surface area contributed by atoms with Gasteiger partial charge in [-0.1, -0.05) is 169 Å². The van der Waals surface area contributed by atoms with Crippen molar-refractivity contribution >= 4 is 60.4 Å². The highest BCUT2D eigenvalue weighted by molar-refractivity contribution is 6.16. The van der Waals surface area contributed by atoms with E-state index >= 15 is 0 Å². The molecule has 1 aromatic heterocycles. The Morgan fingerprint density at radius 2 is 0.950 bits per heavy atom. The number of nitrogens with zero attached hydrogens (tertiary/aromatic N) is 2. The van der Waals surface area contributed by atoms with E-state index in [0.29, 0.717) is 0 Å². The van der Waals surface area contributed by atoms with E-state index in [1.165, 1.54) is 82.4 Å². The molecular weight excluding hydrogens is 725 g/mol. The second-order valence-corrected chi connectivity index (χ2v) is 18.3. The monoisotopic (exact) mass is 774 g/mol. The first-order valence-electron chi connectivity index (χ1n) is 21.2. The fourth-order valence-electron chi connectivity index (χ4n) is 8.96. The average Bonchev–Trinajstić information content (AvgIpc) is 3.60. The van der Waals surface area contributed by atoms with Gasteiger partial charge in [0.25, 0.3) is 0 Å². The van der Waals surface area contributed by atoms with Gasteiger partial charge in [0, 0.05) is 33.5 Å². The lowest BCUT2D eigenvalue weighted by Crippen LogP contribution is -2.12. The van der Waals surface area contributed by atoms with Crippen LogP contribution in [0.3, 0.4) is 0 Å². The van der Waals surface area contributed by atoms with Crippen LogP contribution < -0.4 is 4.90 Å². The summed E-state index contributed by atoms with van der Waals surface area (Å²) in [5.74, 6) is 0. The van der Waals surface area contributed by atoms with Crippen LogP contribution in [0.5, 0.6) is 0 Å². The number of hydrogen-bond donors (Lipinski definition) is 0. The topological polar surface area (TPSA) is 8.17 Å². The number of fused-ring (bicyclic) bond motifs is 6. The van der Waals surface area contributed by atoms with Crippen LogP contribution in [0, 0.1) is 0 Å². The van der Waals surface area contributed by atoms with Crippen molar-refractivity contribution < 1.29 is 0 Å². The summed E-state index contributed by atoms with van der Waals surface area (Å²) in [6.07, 6.45) is 0. The minimum Gasteiger partial charge on any atom is -0.310 e. The van der Waals surface area contributed by atoms with Crippen molar-refractivity contribution in [2.75, 3.05) is 4.90 Å². The molecule has 0 saturated heterocycles. The third-order valence-corrected chi connectivity index (χ3v) is 12.2. The summed E-state index contributed by atoms with van der Waals surface area (Å²) in [6, 6.07) is 71.8. The van der Waals surface area contributed by atoms with Crippen molar-refractivity contribution in [3.05, 3.63) is 205 Å².